The van der Waals surface area contributed by atoms with Gasteiger partial charge in [-0.05, 0) is 30.2 Å². The van der Waals surface area contributed by atoms with Crippen molar-refractivity contribution in [1.82, 2.24) is 9.62 Å². The van der Waals surface area contributed by atoms with Gasteiger partial charge >= 0.3 is 0 Å². The maximum absolute atomic E-state index is 12.8. The van der Waals surface area contributed by atoms with Crippen LogP contribution in [0.1, 0.15) is 35.2 Å². The van der Waals surface area contributed by atoms with Gasteiger partial charge in [0.25, 0.3) is 5.91 Å². The summed E-state index contributed by atoms with van der Waals surface area (Å²) in [5.74, 6) is -0.365. The van der Waals surface area contributed by atoms with E-state index in [0.29, 0.717) is 28.6 Å². The van der Waals surface area contributed by atoms with Crippen LogP contribution in [0.5, 0.6) is 0 Å². The minimum absolute atomic E-state index is 0.0963. The lowest BCUT2D eigenvalue weighted by Crippen LogP contribution is -2.40. The van der Waals surface area contributed by atoms with E-state index < -0.39 is 10.0 Å². The Balaban J connectivity index is 1.86. The minimum Gasteiger partial charge on any atom is -0.347 e. The van der Waals surface area contributed by atoms with Crippen LogP contribution in [0.3, 0.4) is 0 Å². The molecule has 8 heteroatoms. The van der Waals surface area contributed by atoms with Gasteiger partial charge in [0.1, 0.15) is 0 Å². The second-order valence-corrected chi connectivity index (χ2v) is 9.85. The molecule has 0 radical (unpaired) electrons. The highest BCUT2D eigenvalue weighted by Crippen LogP contribution is 2.30. The van der Waals surface area contributed by atoms with Gasteiger partial charge in [-0.1, -0.05) is 60.5 Å². The number of sulfonamides is 1. The normalized spacial score (nSPS) is 20.2. The number of nitrogens with one attached hydrogen (secondary N) is 1. The average molecular weight is 441 g/mol. The zero-order chi connectivity index (χ0) is 20.3. The molecule has 3 rings (SSSR count). The Morgan fingerprint density at radius 3 is 2.36 bits per heavy atom. The fraction of sp³-hybridized carbons (Fsp3) is 0.350. The summed E-state index contributed by atoms with van der Waals surface area (Å²) < 4.78 is 26.6. The van der Waals surface area contributed by atoms with Crippen molar-refractivity contribution in [2.75, 3.05) is 18.8 Å². The van der Waals surface area contributed by atoms with Crippen LogP contribution in [0.2, 0.25) is 10.0 Å². The molecule has 1 fully saturated rings. The highest BCUT2D eigenvalue weighted by atomic mass is 35.5. The molecule has 2 aromatic rings. The molecule has 28 heavy (non-hydrogen) atoms. The van der Waals surface area contributed by atoms with Gasteiger partial charge in [0.2, 0.25) is 10.0 Å². The summed E-state index contributed by atoms with van der Waals surface area (Å²) in [7, 11) is -3.36. The number of hydrogen-bond donors (Lipinski definition) is 1. The van der Waals surface area contributed by atoms with Gasteiger partial charge in [-0.2, -0.15) is 4.31 Å². The van der Waals surface area contributed by atoms with Gasteiger partial charge in [0.05, 0.1) is 11.8 Å². The summed E-state index contributed by atoms with van der Waals surface area (Å²) in [5, 5.41) is 3.72. The minimum atomic E-state index is -3.36. The predicted molar refractivity (Wildman–Crippen MR) is 113 cm³/mol. The van der Waals surface area contributed by atoms with Crippen LogP contribution in [0.25, 0.3) is 0 Å². The predicted octanol–water partition coefficient (Wildman–Crippen LogP) is 3.93. The van der Waals surface area contributed by atoms with Gasteiger partial charge in [0, 0.05) is 34.6 Å². The van der Waals surface area contributed by atoms with E-state index in [1.54, 1.807) is 18.2 Å². The number of carbonyl (C=O) groups excluding carboxylic acids is 1. The van der Waals surface area contributed by atoms with Gasteiger partial charge in [-0.25, -0.2) is 8.42 Å². The molecule has 1 saturated heterocycles. The lowest BCUT2D eigenvalue weighted by Gasteiger charge is -2.20. The summed E-state index contributed by atoms with van der Waals surface area (Å²) in [4.78, 5) is 12.8. The summed E-state index contributed by atoms with van der Waals surface area (Å²) in [6, 6.07) is 13.9. The Labute approximate surface area is 175 Å². The molecule has 5 nitrogen and oxygen atoms in total. The van der Waals surface area contributed by atoms with Crippen molar-refractivity contribution in [3.63, 3.8) is 0 Å². The second-order valence-electron chi connectivity index (χ2n) is 6.89. The van der Waals surface area contributed by atoms with Gasteiger partial charge in [-0.3, -0.25) is 4.79 Å². The van der Waals surface area contributed by atoms with Crippen LogP contribution in [0.15, 0.2) is 48.5 Å². The van der Waals surface area contributed by atoms with Crippen LogP contribution in [0.4, 0.5) is 0 Å². The smallest absolute Gasteiger partial charge is 0.251 e. The van der Waals surface area contributed by atoms with Crippen LogP contribution >= 0.6 is 23.2 Å². The Morgan fingerprint density at radius 2 is 1.75 bits per heavy atom. The van der Waals surface area contributed by atoms with Gasteiger partial charge < -0.3 is 5.32 Å². The summed E-state index contributed by atoms with van der Waals surface area (Å²) in [6.45, 7) is 2.42. The molecule has 0 aromatic heterocycles. The topological polar surface area (TPSA) is 66.5 Å². The highest BCUT2D eigenvalue weighted by Gasteiger charge is 2.39. The van der Waals surface area contributed by atoms with Gasteiger partial charge in [0.15, 0.2) is 0 Å². The second kappa shape index (κ2) is 8.82. The lowest BCUT2D eigenvalue weighted by molar-refractivity contribution is 0.0936. The first-order valence-electron chi connectivity index (χ1n) is 9.10. The molecule has 0 unspecified atom stereocenters. The number of carbonyl (C=O) groups is 1. The van der Waals surface area contributed by atoms with E-state index in [2.05, 4.69) is 5.32 Å². The molecule has 2 aromatic carbocycles. The van der Waals surface area contributed by atoms with Crippen molar-refractivity contribution in [2.45, 2.75) is 25.3 Å². The van der Waals surface area contributed by atoms with E-state index in [9.17, 15) is 13.2 Å². The van der Waals surface area contributed by atoms with Crippen LogP contribution in [-0.4, -0.2) is 43.5 Å². The first-order valence-corrected chi connectivity index (χ1v) is 11.5. The number of rotatable bonds is 6. The van der Waals surface area contributed by atoms with Crippen LogP contribution in [0, 0.1) is 0 Å². The summed E-state index contributed by atoms with van der Waals surface area (Å²) in [5.41, 5.74) is 1.34. The number of nitrogens with zero attached hydrogens (tertiary/aromatic N) is 1. The van der Waals surface area contributed by atoms with E-state index in [-0.39, 0.29) is 30.2 Å². The maximum atomic E-state index is 12.8. The molecular weight excluding hydrogens is 419 g/mol. The van der Waals surface area contributed by atoms with Crippen molar-refractivity contribution in [3.8, 4) is 0 Å². The third-order valence-corrected chi connectivity index (χ3v) is 7.26. The van der Waals surface area contributed by atoms with Crippen molar-refractivity contribution >= 4 is 39.1 Å². The molecule has 1 N–H and O–H groups in total. The SMILES string of the molecule is CCCS(=O)(=O)N1C[C@H](NC(=O)c2cc(Cl)cc(Cl)c2)[C@@H](c2ccccc2)C1. The van der Waals surface area contributed by atoms with Crippen molar-refractivity contribution in [2.24, 2.45) is 0 Å². The highest BCUT2D eigenvalue weighted by molar-refractivity contribution is 7.89. The molecule has 1 amide bonds. The van der Waals surface area contributed by atoms with E-state index in [4.69, 9.17) is 23.2 Å². The standard InChI is InChI=1S/C20H22Cl2N2O3S/c1-2-8-28(26,27)24-12-18(14-6-4-3-5-7-14)19(13-24)23-20(25)15-9-16(21)11-17(22)10-15/h3-7,9-11,18-19H,2,8,12-13H2,1H3,(H,23,25)/t18-,19+/m1/s1. The van der Waals surface area contributed by atoms with Crippen LogP contribution < -0.4 is 5.32 Å². The molecule has 1 aliphatic rings. The fourth-order valence-corrected chi connectivity index (χ4v) is 5.58. The average Bonchev–Trinajstić information content (AvgIpc) is 3.06. The fourth-order valence-electron chi connectivity index (χ4n) is 3.50. The maximum Gasteiger partial charge on any atom is 0.251 e. The third kappa shape index (κ3) is 4.87. The van der Waals surface area contributed by atoms with Crippen molar-refractivity contribution in [3.05, 3.63) is 69.7 Å². The first kappa shape index (κ1) is 21.1. The quantitative estimate of drug-likeness (QED) is 0.739. The molecule has 150 valence electrons. The molecule has 0 aliphatic carbocycles. The molecule has 0 bridgehead atoms. The molecule has 2 atom stereocenters. The molecular formula is C20H22Cl2N2O3S. The zero-order valence-electron chi connectivity index (χ0n) is 15.4. The zero-order valence-corrected chi connectivity index (χ0v) is 17.8. The number of halogens is 2. The van der Waals surface area contributed by atoms with Crippen molar-refractivity contribution in [1.29, 1.82) is 0 Å². The Bertz CT molecular complexity index is 931. The Kier molecular flexibility index (Phi) is 6.65. The van der Waals surface area contributed by atoms with E-state index >= 15 is 0 Å². The monoisotopic (exact) mass is 440 g/mol. The largest absolute Gasteiger partial charge is 0.347 e. The number of amides is 1. The van der Waals surface area contributed by atoms with E-state index in [0.717, 1.165) is 5.56 Å². The Hall–Kier alpha value is -1.60. The molecule has 1 aliphatic heterocycles. The van der Waals surface area contributed by atoms with Crippen LogP contribution in [-0.2, 0) is 10.0 Å². The summed E-state index contributed by atoms with van der Waals surface area (Å²) >= 11 is 12.0. The van der Waals surface area contributed by atoms with E-state index in [1.165, 1.54) is 4.31 Å². The molecule has 1 heterocycles. The van der Waals surface area contributed by atoms with E-state index in [1.807, 2.05) is 37.3 Å². The van der Waals surface area contributed by atoms with Gasteiger partial charge in [-0.15, -0.1) is 0 Å². The lowest BCUT2D eigenvalue weighted by atomic mass is 9.94. The molecule has 0 spiro atoms. The first-order chi connectivity index (χ1) is 13.3. The third-order valence-electron chi connectivity index (χ3n) is 4.81. The van der Waals surface area contributed by atoms with Crippen molar-refractivity contribution < 1.29 is 13.2 Å². The molecule has 0 saturated carbocycles. The Morgan fingerprint density at radius 1 is 1.11 bits per heavy atom. The number of hydrogen-bond acceptors (Lipinski definition) is 3. The number of benzene rings is 2. The summed E-state index contributed by atoms with van der Waals surface area (Å²) in [6.07, 6.45) is 0.548.